The molecule has 0 aromatic carbocycles. The van der Waals surface area contributed by atoms with E-state index in [0.29, 0.717) is 24.8 Å². The van der Waals surface area contributed by atoms with Crippen molar-refractivity contribution in [2.75, 3.05) is 13.1 Å². The summed E-state index contributed by atoms with van der Waals surface area (Å²) < 4.78 is 0. The maximum absolute atomic E-state index is 11.8. The van der Waals surface area contributed by atoms with Crippen LogP contribution in [0.15, 0.2) is 0 Å². The van der Waals surface area contributed by atoms with Crippen molar-refractivity contribution >= 4 is 5.91 Å². The monoisotopic (exact) mass is 227 g/mol. The zero-order chi connectivity index (χ0) is 12.1. The Morgan fingerprint density at radius 3 is 2.69 bits per heavy atom. The van der Waals surface area contributed by atoms with E-state index < -0.39 is 0 Å². The molecule has 3 heteroatoms. The highest BCUT2D eigenvalue weighted by atomic mass is 16.3. The molecule has 1 N–H and O–H groups in total. The molecule has 0 aromatic rings. The fourth-order valence-corrected chi connectivity index (χ4v) is 2.30. The molecule has 1 saturated heterocycles. The Morgan fingerprint density at radius 2 is 2.12 bits per heavy atom. The minimum absolute atomic E-state index is 0.218. The van der Waals surface area contributed by atoms with Crippen molar-refractivity contribution in [2.45, 2.75) is 52.6 Å². The Morgan fingerprint density at radius 1 is 1.44 bits per heavy atom. The van der Waals surface area contributed by atoms with E-state index in [1.807, 2.05) is 11.8 Å². The third-order valence-corrected chi connectivity index (χ3v) is 3.70. The third kappa shape index (κ3) is 3.78. The summed E-state index contributed by atoms with van der Waals surface area (Å²) in [6.07, 6.45) is 3.10. The highest BCUT2D eigenvalue weighted by Crippen LogP contribution is 2.25. The van der Waals surface area contributed by atoms with Gasteiger partial charge in [-0.2, -0.15) is 0 Å². The molecule has 2 unspecified atom stereocenters. The van der Waals surface area contributed by atoms with E-state index in [4.69, 9.17) is 0 Å². The summed E-state index contributed by atoms with van der Waals surface area (Å²) in [7, 11) is 0. The lowest BCUT2D eigenvalue weighted by molar-refractivity contribution is -0.132. The Kier molecular flexibility index (Phi) is 5.26. The van der Waals surface area contributed by atoms with E-state index in [9.17, 15) is 9.90 Å². The molecular weight excluding hydrogens is 202 g/mol. The Bertz CT molecular complexity index is 228. The molecular formula is C13H25NO2. The van der Waals surface area contributed by atoms with E-state index in [0.717, 1.165) is 25.8 Å². The number of rotatable bonds is 4. The van der Waals surface area contributed by atoms with Crippen LogP contribution in [0.4, 0.5) is 0 Å². The Labute approximate surface area is 98.8 Å². The first-order valence-corrected chi connectivity index (χ1v) is 6.50. The second-order valence-electron chi connectivity index (χ2n) is 5.23. The standard InChI is InChI=1S/C13H25NO2/c1-4-12(15)9-14-8-7-11(10(2)3)5-6-13(14)16/h10-12,15H,4-9H2,1-3H3. The van der Waals surface area contributed by atoms with Crippen molar-refractivity contribution in [2.24, 2.45) is 11.8 Å². The predicted molar refractivity (Wildman–Crippen MR) is 65.1 cm³/mol. The van der Waals surface area contributed by atoms with Gasteiger partial charge in [-0.15, -0.1) is 0 Å². The number of β-amino-alcohol motifs (C(OH)–C–C–N with tert-alkyl or cyclic N) is 1. The molecule has 16 heavy (non-hydrogen) atoms. The minimum atomic E-state index is -0.362. The molecule has 1 amide bonds. The van der Waals surface area contributed by atoms with Gasteiger partial charge in [-0.1, -0.05) is 20.8 Å². The third-order valence-electron chi connectivity index (χ3n) is 3.70. The summed E-state index contributed by atoms with van der Waals surface area (Å²) in [6.45, 7) is 7.74. The van der Waals surface area contributed by atoms with Crippen LogP contribution in [0.3, 0.4) is 0 Å². The van der Waals surface area contributed by atoms with Gasteiger partial charge in [0.15, 0.2) is 0 Å². The van der Waals surface area contributed by atoms with Crippen molar-refractivity contribution in [3.63, 3.8) is 0 Å². The summed E-state index contributed by atoms with van der Waals surface area (Å²) in [6, 6.07) is 0. The number of aliphatic hydroxyl groups excluding tert-OH is 1. The van der Waals surface area contributed by atoms with E-state index in [2.05, 4.69) is 13.8 Å². The predicted octanol–water partition coefficient (Wildman–Crippen LogP) is 2.04. The summed E-state index contributed by atoms with van der Waals surface area (Å²) >= 11 is 0. The zero-order valence-corrected chi connectivity index (χ0v) is 10.8. The van der Waals surface area contributed by atoms with Gasteiger partial charge in [0.2, 0.25) is 5.91 Å². The first-order valence-electron chi connectivity index (χ1n) is 6.50. The second-order valence-corrected chi connectivity index (χ2v) is 5.23. The quantitative estimate of drug-likeness (QED) is 0.798. The molecule has 0 bridgehead atoms. The largest absolute Gasteiger partial charge is 0.391 e. The van der Waals surface area contributed by atoms with Crippen LogP contribution in [0, 0.1) is 11.8 Å². The lowest BCUT2D eigenvalue weighted by Gasteiger charge is -2.23. The van der Waals surface area contributed by atoms with E-state index in [-0.39, 0.29) is 12.0 Å². The smallest absolute Gasteiger partial charge is 0.222 e. The number of hydrogen-bond donors (Lipinski definition) is 1. The van der Waals surface area contributed by atoms with Crippen molar-refractivity contribution in [3.05, 3.63) is 0 Å². The topological polar surface area (TPSA) is 40.5 Å². The van der Waals surface area contributed by atoms with Gasteiger partial charge in [0.05, 0.1) is 6.10 Å². The summed E-state index contributed by atoms with van der Waals surface area (Å²) in [5.41, 5.74) is 0. The van der Waals surface area contributed by atoms with Gasteiger partial charge in [-0.05, 0) is 31.1 Å². The Balaban J connectivity index is 2.50. The second kappa shape index (κ2) is 6.24. The average Bonchev–Trinajstić information content (AvgIpc) is 2.42. The molecule has 3 nitrogen and oxygen atoms in total. The molecule has 0 saturated carbocycles. The fraction of sp³-hybridized carbons (Fsp3) is 0.923. The van der Waals surface area contributed by atoms with Crippen LogP contribution in [0.2, 0.25) is 0 Å². The van der Waals surface area contributed by atoms with Crippen LogP contribution in [0.1, 0.15) is 46.5 Å². The van der Waals surface area contributed by atoms with E-state index >= 15 is 0 Å². The molecule has 0 radical (unpaired) electrons. The van der Waals surface area contributed by atoms with Crippen molar-refractivity contribution in [1.29, 1.82) is 0 Å². The van der Waals surface area contributed by atoms with Crippen LogP contribution in [-0.4, -0.2) is 35.1 Å². The molecule has 1 heterocycles. The molecule has 0 aliphatic carbocycles. The van der Waals surface area contributed by atoms with Crippen molar-refractivity contribution < 1.29 is 9.90 Å². The summed E-state index contributed by atoms with van der Waals surface area (Å²) in [4.78, 5) is 13.7. The van der Waals surface area contributed by atoms with Crippen LogP contribution in [0.5, 0.6) is 0 Å². The van der Waals surface area contributed by atoms with Crippen molar-refractivity contribution in [1.82, 2.24) is 4.90 Å². The average molecular weight is 227 g/mol. The van der Waals surface area contributed by atoms with Gasteiger partial charge in [-0.25, -0.2) is 0 Å². The molecule has 2 atom stereocenters. The minimum Gasteiger partial charge on any atom is -0.391 e. The first-order chi connectivity index (χ1) is 7.54. The zero-order valence-electron chi connectivity index (χ0n) is 10.8. The molecule has 94 valence electrons. The number of aliphatic hydroxyl groups is 1. The first kappa shape index (κ1) is 13.5. The van der Waals surface area contributed by atoms with E-state index in [1.165, 1.54) is 0 Å². The van der Waals surface area contributed by atoms with E-state index in [1.54, 1.807) is 0 Å². The number of amides is 1. The van der Waals surface area contributed by atoms with Crippen LogP contribution < -0.4 is 0 Å². The highest BCUT2D eigenvalue weighted by Gasteiger charge is 2.24. The lowest BCUT2D eigenvalue weighted by Crippen LogP contribution is -2.37. The maximum atomic E-state index is 11.8. The van der Waals surface area contributed by atoms with Gasteiger partial charge < -0.3 is 10.0 Å². The molecule has 0 spiro atoms. The highest BCUT2D eigenvalue weighted by molar-refractivity contribution is 5.76. The number of carbonyl (C=O) groups excluding carboxylic acids is 1. The van der Waals surface area contributed by atoms with Gasteiger partial charge in [0, 0.05) is 19.5 Å². The number of hydrogen-bond acceptors (Lipinski definition) is 2. The maximum Gasteiger partial charge on any atom is 0.222 e. The van der Waals surface area contributed by atoms with Gasteiger partial charge >= 0.3 is 0 Å². The van der Waals surface area contributed by atoms with Gasteiger partial charge in [0.25, 0.3) is 0 Å². The molecule has 1 fully saturated rings. The van der Waals surface area contributed by atoms with Gasteiger partial charge in [0.1, 0.15) is 0 Å². The molecule has 1 aliphatic heterocycles. The van der Waals surface area contributed by atoms with Crippen LogP contribution in [0.25, 0.3) is 0 Å². The summed E-state index contributed by atoms with van der Waals surface area (Å²) in [5.74, 6) is 1.53. The number of carbonyl (C=O) groups is 1. The van der Waals surface area contributed by atoms with Crippen LogP contribution in [-0.2, 0) is 4.79 Å². The Hall–Kier alpha value is -0.570. The summed E-state index contributed by atoms with van der Waals surface area (Å²) in [5, 5.41) is 9.60. The van der Waals surface area contributed by atoms with Gasteiger partial charge in [-0.3, -0.25) is 4.79 Å². The normalized spacial score (nSPS) is 24.7. The molecule has 0 aromatic heterocycles. The van der Waals surface area contributed by atoms with Crippen molar-refractivity contribution in [3.8, 4) is 0 Å². The van der Waals surface area contributed by atoms with Crippen LogP contribution >= 0.6 is 0 Å². The number of nitrogens with zero attached hydrogens (tertiary/aromatic N) is 1. The number of likely N-dealkylation sites (tertiary alicyclic amines) is 1. The SMILES string of the molecule is CCC(O)CN1CCC(C(C)C)CCC1=O. The molecule has 1 aliphatic rings. The lowest BCUT2D eigenvalue weighted by atomic mass is 9.89. The molecule has 1 rings (SSSR count). The fourth-order valence-electron chi connectivity index (χ4n) is 2.30.